The van der Waals surface area contributed by atoms with Crippen LogP contribution in [0.1, 0.15) is 39.4 Å². The van der Waals surface area contributed by atoms with E-state index < -0.39 is 23.7 Å². The zero-order chi connectivity index (χ0) is 23.9. The van der Waals surface area contributed by atoms with Gasteiger partial charge in [0.1, 0.15) is 16.9 Å². The first-order valence-electron chi connectivity index (χ1n) is 10.5. The van der Waals surface area contributed by atoms with Gasteiger partial charge in [-0.15, -0.1) is 23.7 Å². The average Bonchev–Trinajstić information content (AvgIpc) is 3.05. The van der Waals surface area contributed by atoms with Gasteiger partial charge in [-0.1, -0.05) is 13.8 Å². The number of rotatable bonds is 4. The van der Waals surface area contributed by atoms with Crippen LogP contribution in [0.3, 0.4) is 0 Å². The van der Waals surface area contributed by atoms with Crippen molar-refractivity contribution >= 4 is 74.8 Å². The average molecular weight is 623 g/mol. The molecule has 34 heavy (non-hydrogen) atoms. The second kappa shape index (κ2) is 10.3. The number of halogens is 3. The van der Waals surface area contributed by atoms with Gasteiger partial charge in [-0.05, 0) is 58.2 Å². The van der Waals surface area contributed by atoms with E-state index in [1.54, 1.807) is 12.1 Å². The fraction of sp³-hybridized carbons (Fsp3) is 0.409. The first-order valence-corrected chi connectivity index (χ1v) is 12.4. The molecule has 2 aromatic rings. The molecule has 2 aliphatic rings. The SMILES string of the molecule is CC1(C)CNC(=O)c2sc(Nc3ccc(I)cc3F)c(C(=O)N3CCNC[C@H]3C(=O)O)c2C1.Cl. The maximum absolute atomic E-state index is 14.6. The van der Waals surface area contributed by atoms with Crippen molar-refractivity contribution in [2.45, 2.75) is 26.3 Å². The molecule has 0 spiro atoms. The summed E-state index contributed by atoms with van der Waals surface area (Å²) >= 11 is 3.10. The topological polar surface area (TPSA) is 111 Å². The number of fused-ring (bicyclic) bond motifs is 1. The standard InChI is InChI=1S/C22H24FIN4O4S.ClH/c1-22(2)8-12-16(20(30)28-6-5-25-9-15(28)21(31)32)19(33-17(12)18(29)26-10-22)27-14-4-3-11(24)7-13(14)23;/h3-4,7,15,25,27H,5-6,8-10H2,1-2H3,(H,26,29)(H,31,32);1H/t15-;/m0./s1. The highest BCUT2D eigenvalue weighted by Gasteiger charge is 2.39. The van der Waals surface area contributed by atoms with Crippen LogP contribution >= 0.6 is 46.3 Å². The Kier molecular flexibility index (Phi) is 8.10. The number of carbonyl (C=O) groups is 3. The predicted molar refractivity (Wildman–Crippen MR) is 139 cm³/mol. The molecule has 12 heteroatoms. The van der Waals surface area contributed by atoms with Crippen LogP contribution in [0.5, 0.6) is 0 Å². The van der Waals surface area contributed by atoms with Crippen LogP contribution in [-0.2, 0) is 11.2 Å². The molecule has 1 aromatic heterocycles. The number of amides is 2. The summed E-state index contributed by atoms with van der Waals surface area (Å²) in [6, 6.07) is 3.65. The van der Waals surface area contributed by atoms with Gasteiger partial charge in [-0.25, -0.2) is 9.18 Å². The molecule has 0 unspecified atom stereocenters. The number of aliphatic carboxylic acids is 1. The van der Waals surface area contributed by atoms with Crippen LogP contribution < -0.4 is 16.0 Å². The summed E-state index contributed by atoms with van der Waals surface area (Å²) in [5, 5.41) is 18.9. The van der Waals surface area contributed by atoms with Gasteiger partial charge in [0, 0.05) is 29.7 Å². The minimum Gasteiger partial charge on any atom is -0.480 e. The first kappa shape index (κ1) is 26.6. The van der Waals surface area contributed by atoms with Gasteiger partial charge in [-0.2, -0.15) is 0 Å². The van der Waals surface area contributed by atoms with Crippen molar-refractivity contribution < 1.29 is 23.9 Å². The van der Waals surface area contributed by atoms with Crippen LogP contribution in [0.25, 0.3) is 0 Å². The molecule has 3 heterocycles. The summed E-state index contributed by atoms with van der Waals surface area (Å²) in [5.74, 6) is -2.35. The molecular weight excluding hydrogens is 598 g/mol. The third-order valence-electron chi connectivity index (χ3n) is 5.78. The lowest BCUT2D eigenvalue weighted by atomic mass is 9.85. The van der Waals surface area contributed by atoms with E-state index in [0.717, 1.165) is 14.9 Å². The lowest BCUT2D eigenvalue weighted by Gasteiger charge is -2.34. The maximum atomic E-state index is 14.6. The fourth-order valence-electron chi connectivity index (χ4n) is 4.10. The number of piperazine rings is 1. The lowest BCUT2D eigenvalue weighted by molar-refractivity contribution is -0.142. The maximum Gasteiger partial charge on any atom is 0.327 e. The monoisotopic (exact) mass is 622 g/mol. The largest absolute Gasteiger partial charge is 0.480 e. The summed E-state index contributed by atoms with van der Waals surface area (Å²) in [6.45, 7) is 5.24. The summed E-state index contributed by atoms with van der Waals surface area (Å²) < 4.78 is 15.3. The van der Waals surface area contributed by atoms with Crippen LogP contribution in [0, 0.1) is 14.8 Å². The van der Waals surface area contributed by atoms with E-state index in [4.69, 9.17) is 0 Å². The predicted octanol–water partition coefficient (Wildman–Crippen LogP) is 3.47. The zero-order valence-corrected chi connectivity index (χ0v) is 22.3. The number of benzene rings is 1. The molecule has 4 rings (SSSR count). The van der Waals surface area contributed by atoms with Gasteiger partial charge in [0.25, 0.3) is 11.8 Å². The second-order valence-corrected chi connectivity index (χ2v) is 11.2. The molecule has 1 atom stereocenters. The van der Waals surface area contributed by atoms with Crippen molar-refractivity contribution in [1.29, 1.82) is 0 Å². The van der Waals surface area contributed by atoms with Gasteiger partial charge in [0.2, 0.25) is 0 Å². The first-order chi connectivity index (χ1) is 15.6. The Bertz CT molecular complexity index is 1140. The number of thiophene rings is 1. The van der Waals surface area contributed by atoms with Crippen LogP contribution in [0.15, 0.2) is 18.2 Å². The number of carbonyl (C=O) groups excluding carboxylic acids is 2. The number of carboxylic acid groups (broad SMARTS) is 1. The third kappa shape index (κ3) is 5.31. The van der Waals surface area contributed by atoms with Crippen molar-refractivity contribution in [2.75, 3.05) is 31.5 Å². The van der Waals surface area contributed by atoms with Crippen LogP contribution in [0.4, 0.5) is 15.1 Å². The van der Waals surface area contributed by atoms with Gasteiger partial charge in [0.15, 0.2) is 0 Å². The molecule has 184 valence electrons. The summed E-state index contributed by atoms with van der Waals surface area (Å²) in [7, 11) is 0. The van der Waals surface area contributed by atoms with E-state index in [1.165, 1.54) is 11.0 Å². The van der Waals surface area contributed by atoms with E-state index in [1.807, 2.05) is 36.4 Å². The van der Waals surface area contributed by atoms with E-state index in [-0.39, 0.29) is 48.1 Å². The molecule has 0 radical (unpaired) electrons. The molecule has 0 aliphatic carbocycles. The highest BCUT2D eigenvalue weighted by atomic mass is 127. The normalized spacial score (nSPS) is 19.4. The molecule has 4 N–H and O–H groups in total. The van der Waals surface area contributed by atoms with E-state index >= 15 is 0 Å². The number of nitrogens with zero attached hydrogens (tertiary/aromatic N) is 1. The highest BCUT2D eigenvalue weighted by Crippen LogP contribution is 2.41. The molecule has 1 fully saturated rings. The van der Waals surface area contributed by atoms with Crippen molar-refractivity contribution in [1.82, 2.24) is 15.5 Å². The molecule has 8 nitrogen and oxygen atoms in total. The molecular formula is C22H25ClFIN4O4S. The van der Waals surface area contributed by atoms with Gasteiger partial charge < -0.3 is 26.0 Å². The minimum atomic E-state index is -1.10. The van der Waals surface area contributed by atoms with Gasteiger partial charge in [-0.3, -0.25) is 9.59 Å². The Labute approximate surface area is 220 Å². The lowest BCUT2D eigenvalue weighted by Crippen LogP contribution is -2.57. The minimum absolute atomic E-state index is 0. The van der Waals surface area contributed by atoms with Crippen molar-refractivity contribution in [3.05, 3.63) is 43.6 Å². The van der Waals surface area contributed by atoms with E-state index in [0.29, 0.717) is 35.0 Å². The molecule has 2 aliphatic heterocycles. The van der Waals surface area contributed by atoms with Crippen molar-refractivity contribution in [3.8, 4) is 0 Å². The smallest absolute Gasteiger partial charge is 0.327 e. The Morgan fingerprint density at radius 2 is 2.09 bits per heavy atom. The summed E-state index contributed by atoms with van der Waals surface area (Å²) in [4.78, 5) is 40.2. The summed E-state index contributed by atoms with van der Waals surface area (Å²) in [5.41, 5.74) is 0.667. The van der Waals surface area contributed by atoms with Crippen LogP contribution in [-0.4, -0.2) is 60.0 Å². The quantitative estimate of drug-likeness (QED) is 0.389. The van der Waals surface area contributed by atoms with E-state index in [9.17, 15) is 23.9 Å². The number of nitrogens with one attached hydrogen (secondary N) is 3. The van der Waals surface area contributed by atoms with Crippen molar-refractivity contribution in [3.63, 3.8) is 0 Å². The summed E-state index contributed by atoms with van der Waals surface area (Å²) in [6.07, 6.45) is 0.444. The van der Waals surface area contributed by atoms with Crippen molar-refractivity contribution in [2.24, 2.45) is 5.41 Å². The Hall–Kier alpha value is -1.96. The second-order valence-electron chi connectivity index (χ2n) is 8.94. The molecule has 1 saturated heterocycles. The van der Waals surface area contributed by atoms with E-state index in [2.05, 4.69) is 16.0 Å². The molecule has 0 saturated carbocycles. The number of hydrogen-bond acceptors (Lipinski definition) is 6. The third-order valence-corrected chi connectivity index (χ3v) is 7.60. The Morgan fingerprint density at radius 3 is 2.76 bits per heavy atom. The molecule has 2 amide bonds. The number of anilines is 2. The van der Waals surface area contributed by atoms with Gasteiger partial charge in [0.05, 0.1) is 16.1 Å². The fourth-order valence-corrected chi connectivity index (χ4v) is 5.69. The Morgan fingerprint density at radius 1 is 1.35 bits per heavy atom. The zero-order valence-electron chi connectivity index (χ0n) is 18.5. The van der Waals surface area contributed by atoms with Gasteiger partial charge >= 0.3 is 5.97 Å². The molecule has 0 bridgehead atoms. The number of carboxylic acids is 1. The molecule has 1 aromatic carbocycles. The highest BCUT2D eigenvalue weighted by molar-refractivity contribution is 14.1. The Balaban J connectivity index is 0.00000324. The number of hydrogen-bond donors (Lipinski definition) is 4. The van der Waals surface area contributed by atoms with Crippen LogP contribution in [0.2, 0.25) is 0 Å².